The van der Waals surface area contributed by atoms with Crippen LogP contribution in [0, 0.1) is 5.92 Å². The molecule has 0 bridgehead atoms. The molecule has 2 aliphatic heterocycles. The lowest BCUT2D eigenvalue weighted by atomic mass is 9.94. The van der Waals surface area contributed by atoms with E-state index in [1.807, 2.05) is 55.9 Å². The van der Waals surface area contributed by atoms with Crippen molar-refractivity contribution in [3.63, 3.8) is 0 Å². The first-order chi connectivity index (χ1) is 16.7. The number of carbonyl (C=O) groups is 3. The third kappa shape index (κ3) is 6.80. The van der Waals surface area contributed by atoms with E-state index in [0.29, 0.717) is 18.8 Å². The second kappa shape index (κ2) is 10.5. The van der Waals surface area contributed by atoms with Gasteiger partial charge in [0.25, 0.3) is 0 Å². The molecule has 2 N–H and O–H groups in total. The van der Waals surface area contributed by atoms with Crippen LogP contribution in [0.15, 0.2) is 30.5 Å². The lowest BCUT2D eigenvalue weighted by molar-refractivity contribution is -0.133. The van der Waals surface area contributed by atoms with E-state index in [-0.39, 0.29) is 17.9 Å². The molecule has 2 aromatic rings. The predicted octanol–water partition coefficient (Wildman–Crippen LogP) is 3.20. The first-order valence-electron chi connectivity index (χ1n) is 12.2. The Morgan fingerprint density at radius 1 is 1.14 bits per heavy atom. The molecular weight excluding hydrogens is 448 g/mol. The zero-order chi connectivity index (χ0) is 25.0. The minimum absolute atomic E-state index is 0.224. The van der Waals surface area contributed by atoms with E-state index in [4.69, 9.17) is 4.74 Å². The first-order valence-corrected chi connectivity index (χ1v) is 12.2. The lowest BCUT2D eigenvalue weighted by Gasteiger charge is -2.33. The molecule has 188 valence electrons. The summed E-state index contributed by atoms with van der Waals surface area (Å²) in [6.07, 6.45) is 5.45. The van der Waals surface area contributed by atoms with E-state index in [2.05, 4.69) is 20.9 Å². The number of benzene rings is 1. The van der Waals surface area contributed by atoms with Gasteiger partial charge in [-0.05, 0) is 64.5 Å². The Labute approximate surface area is 205 Å². The highest BCUT2D eigenvalue weighted by atomic mass is 16.6. The Morgan fingerprint density at radius 2 is 1.86 bits per heavy atom. The molecule has 2 saturated heterocycles. The number of hydrogen-bond donors (Lipinski definition) is 2. The van der Waals surface area contributed by atoms with Gasteiger partial charge in [0, 0.05) is 37.3 Å². The molecule has 2 fully saturated rings. The molecule has 1 unspecified atom stereocenters. The van der Waals surface area contributed by atoms with Crippen LogP contribution in [0.5, 0.6) is 0 Å². The Morgan fingerprint density at radius 3 is 2.51 bits per heavy atom. The van der Waals surface area contributed by atoms with Crippen LogP contribution in [-0.2, 0) is 20.9 Å². The third-order valence-electron chi connectivity index (χ3n) is 6.33. The average molecular weight is 483 g/mol. The molecule has 0 spiro atoms. The van der Waals surface area contributed by atoms with Gasteiger partial charge >= 0.3 is 6.09 Å². The van der Waals surface area contributed by atoms with Crippen molar-refractivity contribution in [2.24, 2.45) is 5.92 Å². The summed E-state index contributed by atoms with van der Waals surface area (Å²) in [6, 6.07) is 7.27. The van der Waals surface area contributed by atoms with Crippen LogP contribution in [-0.4, -0.2) is 62.5 Å². The van der Waals surface area contributed by atoms with Crippen molar-refractivity contribution in [2.45, 2.75) is 71.1 Å². The fourth-order valence-electron chi connectivity index (χ4n) is 4.36. The van der Waals surface area contributed by atoms with Crippen LogP contribution < -0.4 is 10.6 Å². The summed E-state index contributed by atoms with van der Waals surface area (Å²) in [5.74, 6) is 0.0282. The number of carbonyl (C=O) groups excluding carboxylic acids is 3. The number of piperidine rings is 2. The van der Waals surface area contributed by atoms with E-state index in [9.17, 15) is 14.4 Å². The molecule has 0 aliphatic carbocycles. The number of hydrogen-bond acceptors (Lipinski definition) is 7. The number of rotatable bonds is 6. The van der Waals surface area contributed by atoms with Gasteiger partial charge in [-0.3, -0.25) is 19.6 Å². The zero-order valence-corrected chi connectivity index (χ0v) is 20.6. The Hall–Kier alpha value is -3.43. The van der Waals surface area contributed by atoms with Crippen molar-refractivity contribution >= 4 is 23.6 Å². The molecule has 1 aromatic heterocycles. The van der Waals surface area contributed by atoms with Crippen LogP contribution in [0.25, 0.3) is 11.3 Å². The summed E-state index contributed by atoms with van der Waals surface area (Å²) in [5.41, 5.74) is 2.07. The molecule has 10 heteroatoms. The summed E-state index contributed by atoms with van der Waals surface area (Å²) in [5, 5.41) is 14.1. The molecule has 3 heterocycles. The molecule has 3 amide bonds. The standard InChI is InChI=1S/C25H34N6O4/c1-25(2,3)35-24(34)30-13-10-17(11-14-30)12-15-31-16-21(28-29-31)18-4-6-19(7-5-18)26-20-8-9-22(32)27-23(20)33/h4-7,16-17,20,26H,8-15H2,1-3H3,(H,27,32,33). The average Bonchev–Trinajstić information content (AvgIpc) is 3.28. The van der Waals surface area contributed by atoms with Gasteiger partial charge in [0.05, 0.1) is 6.20 Å². The minimum Gasteiger partial charge on any atom is -0.444 e. The highest BCUT2D eigenvalue weighted by molar-refractivity contribution is 6.01. The van der Waals surface area contributed by atoms with Crippen molar-refractivity contribution in [1.29, 1.82) is 0 Å². The number of likely N-dealkylation sites (tertiary alicyclic amines) is 1. The van der Waals surface area contributed by atoms with Crippen molar-refractivity contribution in [2.75, 3.05) is 18.4 Å². The maximum absolute atomic E-state index is 12.2. The quantitative estimate of drug-likeness (QED) is 0.607. The third-order valence-corrected chi connectivity index (χ3v) is 6.33. The molecule has 0 radical (unpaired) electrons. The molecule has 4 rings (SSSR count). The second-order valence-corrected chi connectivity index (χ2v) is 10.3. The van der Waals surface area contributed by atoms with Crippen molar-refractivity contribution < 1.29 is 19.1 Å². The highest BCUT2D eigenvalue weighted by Crippen LogP contribution is 2.24. The normalized spacial score (nSPS) is 19.4. The van der Waals surface area contributed by atoms with E-state index in [0.717, 1.165) is 55.8 Å². The number of aromatic nitrogens is 3. The number of nitrogens with one attached hydrogen (secondary N) is 2. The molecular formula is C25H34N6O4. The van der Waals surface area contributed by atoms with E-state index in [1.165, 1.54) is 0 Å². The number of ether oxygens (including phenoxy) is 1. The molecule has 0 saturated carbocycles. The first kappa shape index (κ1) is 24.7. The smallest absolute Gasteiger partial charge is 0.410 e. The van der Waals surface area contributed by atoms with Gasteiger partial charge in [-0.2, -0.15) is 0 Å². The number of nitrogens with zero attached hydrogens (tertiary/aromatic N) is 4. The van der Waals surface area contributed by atoms with Gasteiger partial charge in [0.1, 0.15) is 17.3 Å². The fourth-order valence-corrected chi connectivity index (χ4v) is 4.36. The van der Waals surface area contributed by atoms with Crippen LogP contribution in [0.3, 0.4) is 0 Å². The van der Waals surface area contributed by atoms with Crippen molar-refractivity contribution in [1.82, 2.24) is 25.2 Å². The number of aryl methyl sites for hydroxylation is 1. The number of amides is 3. The monoisotopic (exact) mass is 482 g/mol. The summed E-state index contributed by atoms with van der Waals surface area (Å²) in [7, 11) is 0. The maximum Gasteiger partial charge on any atom is 0.410 e. The predicted molar refractivity (Wildman–Crippen MR) is 130 cm³/mol. The highest BCUT2D eigenvalue weighted by Gasteiger charge is 2.27. The van der Waals surface area contributed by atoms with Gasteiger partial charge in [-0.1, -0.05) is 17.3 Å². The van der Waals surface area contributed by atoms with Gasteiger partial charge < -0.3 is 15.0 Å². The molecule has 2 aliphatic rings. The van der Waals surface area contributed by atoms with Crippen molar-refractivity contribution in [3.8, 4) is 11.3 Å². The van der Waals surface area contributed by atoms with E-state index < -0.39 is 11.6 Å². The number of imide groups is 1. The number of anilines is 1. The molecule has 1 aromatic carbocycles. The van der Waals surface area contributed by atoms with Crippen LogP contribution >= 0.6 is 0 Å². The second-order valence-electron chi connectivity index (χ2n) is 10.3. The minimum atomic E-state index is -0.469. The topological polar surface area (TPSA) is 118 Å². The lowest BCUT2D eigenvalue weighted by Crippen LogP contribution is -2.47. The maximum atomic E-state index is 12.2. The van der Waals surface area contributed by atoms with E-state index in [1.54, 1.807) is 4.90 Å². The van der Waals surface area contributed by atoms with Crippen molar-refractivity contribution in [3.05, 3.63) is 30.5 Å². The molecule has 35 heavy (non-hydrogen) atoms. The van der Waals surface area contributed by atoms with Gasteiger partial charge in [-0.25, -0.2) is 4.79 Å². The zero-order valence-electron chi connectivity index (χ0n) is 20.6. The SMILES string of the molecule is CC(C)(C)OC(=O)N1CCC(CCn2cc(-c3ccc(NC4CCC(=O)NC4=O)cc3)nn2)CC1. The molecule has 1 atom stereocenters. The summed E-state index contributed by atoms with van der Waals surface area (Å²) >= 11 is 0. The Balaban J connectivity index is 1.23. The molecule has 10 nitrogen and oxygen atoms in total. The van der Waals surface area contributed by atoms with Crippen LogP contribution in [0.4, 0.5) is 10.5 Å². The van der Waals surface area contributed by atoms with Crippen LogP contribution in [0.1, 0.15) is 52.9 Å². The summed E-state index contributed by atoms with van der Waals surface area (Å²) in [6.45, 7) is 7.88. The fraction of sp³-hybridized carbons (Fsp3) is 0.560. The Kier molecular flexibility index (Phi) is 7.37. The van der Waals surface area contributed by atoms with Crippen LogP contribution in [0.2, 0.25) is 0 Å². The largest absolute Gasteiger partial charge is 0.444 e. The van der Waals surface area contributed by atoms with Gasteiger partial charge in [-0.15, -0.1) is 5.10 Å². The Bertz CT molecular complexity index is 1050. The summed E-state index contributed by atoms with van der Waals surface area (Å²) in [4.78, 5) is 37.3. The van der Waals surface area contributed by atoms with Gasteiger partial charge in [0.2, 0.25) is 11.8 Å². The van der Waals surface area contributed by atoms with E-state index >= 15 is 0 Å². The summed E-state index contributed by atoms with van der Waals surface area (Å²) < 4.78 is 7.34. The van der Waals surface area contributed by atoms with Gasteiger partial charge in [0.15, 0.2) is 0 Å².